The molecule has 0 aliphatic carbocycles. The summed E-state index contributed by atoms with van der Waals surface area (Å²) in [6.45, 7) is 5.13. The number of likely N-dealkylation sites (tertiary alicyclic amines) is 1. The summed E-state index contributed by atoms with van der Waals surface area (Å²) in [5, 5.41) is 4.29. The second-order valence-corrected chi connectivity index (χ2v) is 8.35. The number of rotatable bonds is 6. The molecule has 0 bridgehead atoms. The van der Waals surface area contributed by atoms with Crippen molar-refractivity contribution < 1.29 is 4.79 Å². The fourth-order valence-electron chi connectivity index (χ4n) is 4.33. The highest BCUT2D eigenvalue weighted by Gasteiger charge is 2.22. The Kier molecular flexibility index (Phi) is 6.38. The van der Waals surface area contributed by atoms with E-state index >= 15 is 0 Å². The largest absolute Gasteiger partial charge is 0.361 e. The highest BCUT2D eigenvalue weighted by atomic mass is 16.2. The monoisotopic (exact) mass is 404 g/mol. The molecule has 1 aliphatic heterocycles. The minimum absolute atomic E-state index is 0.0784. The topological polar surface area (TPSA) is 51.4 Å². The lowest BCUT2D eigenvalue weighted by Crippen LogP contribution is -2.35. The normalized spacial score (nSPS) is 15.4. The van der Waals surface area contributed by atoms with Crippen molar-refractivity contribution in [2.24, 2.45) is 0 Å². The lowest BCUT2D eigenvalue weighted by molar-refractivity contribution is 0.256. The van der Waals surface area contributed by atoms with Crippen LogP contribution in [0.3, 0.4) is 0 Å². The average Bonchev–Trinajstić information content (AvgIpc) is 3.19. The molecule has 2 amide bonds. The maximum Gasteiger partial charge on any atom is 0.326 e. The number of benzene rings is 2. The van der Waals surface area contributed by atoms with Gasteiger partial charge in [0.25, 0.3) is 0 Å². The van der Waals surface area contributed by atoms with Crippen LogP contribution in [0.4, 0.5) is 16.2 Å². The number of anilines is 2. The molecular formula is C25H32N4O. The van der Waals surface area contributed by atoms with Crippen molar-refractivity contribution in [3.05, 3.63) is 60.3 Å². The van der Waals surface area contributed by atoms with Gasteiger partial charge in [0.15, 0.2) is 0 Å². The van der Waals surface area contributed by atoms with E-state index in [1.807, 2.05) is 35.2 Å². The second-order valence-electron chi connectivity index (χ2n) is 8.35. The number of para-hydroxylation sites is 1. The molecule has 0 saturated carbocycles. The summed E-state index contributed by atoms with van der Waals surface area (Å²) in [5.74, 6) is 0.576. The molecule has 1 fully saturated rings. The fraction of sp³-hybridized carbons (Fsp3) is 0.400. The highest BCUT2D eigenvalue weighted by Crippen LogP contribution is 2.34. The third-order valence-corrected chi connectivity index (χ3v) is 6.17. The summed E-state index contributed by atoms with van der Waals surface area (Å²) in [7, 11) is 2.19. The second kappa shape index (κ2) is 9.35. The number of H-pyrrole nitrogens is 1. The first-order valence-corrected chi connectivity index (χ1v) is 11.1. The van der Waals surface area contributed by atoms with E-state index in [9.17, 15) is 4.79 Å². The minimum atomic E-state index is -0.0784. The molecule has 0 spiro atoms. The number of carbonyl (C=O) groups is 1. The van der Waals surface area contributed by atoms with Crippen LogP contribution in [0, 0.1) is 0 Å². The van der Waals surface area contributed by atoms with Gasteiger partial charge in [0.05, 0.1) is 0 Å². The first-order chi connectivity index (χ1) is 14.7. The van der Waals surface area contributed by atoms with Crippen molar-refractivity contribution in [2.75, 3.05) is 36.9 Å². The molecule has 5 nitrogen and oxygen atoms in total. The number of fused-ring (bicyclic) bond motifs is 1. The smallest absolute Gasteiger partial charge is 0.326 e. The van der Waals surface area contributed by atoms with Gasteiger partial charge in [0.1, 0.15) is 0 Å². The minimum Gasteiger partial charge on any atom is -0.361 e. The van der Waals surface area contributed by atoms with Crippen molar-refractivity contribution in [1.29, 1.82) is 0 Å². The highest BCUT2D eigenvalue weighted by molar-refractivity contribution is 6.03. The lowest BCUT2D eigenvalue weighted by atomic mass is 9.89. The number of unbranched alkanes of at least 4 members (excludes halogenated alkanes) is 1. The van der Waals surface area contributed by atoms with Crippen molar-refractivity contribution >= 4 is 28.3 Å². The maximum atomic E-state index is 13.1. The van der Waals surface area contributed by atoms with Crippen LogP contribution in [0.2, 0.25) is 0 Å². The molecule has 2 N–H and O–H groups in total. The van der Waals surface area contributed by atoms with Crippen molar-refractivity contribution in [1.82, 2.24) is 9.88 Å². The van der Waals surface area contributed by atoms with Gasteiger partial charge < -0.3 is 15.2 Å². The van der Waals surface area contributed by atoms with Crippen LogP contribution in [0.15, 0.2) is 54.7 Å². The molecule has 1 aromatic heterocycles. The Bertz CT molecular complexity index is 973. The van der Waals surface area contributed by atoms with E-state index in [0.717, 1.165) is 42.8 Å². The number of nitrogens with zero attached hydrogens (tertiary/aromatic N) is 2. The van der Waals surface area contributed by atoms with Gasteiger partial charge in [0.2, 0.25) is 0 Å². The Morgan fingerprint density at radius 2 is 1.93 bits per heavy atom. The third kappa shape index (κ3) is 4.51. The van der Waals surface area contributed by atoms with Gasteiger partial charge in [-0.25, -0.2) is 4.79 Å². The summed E-state index contributed by atoms with van der Waals surface area (Å²) in [4.78, 5) is 20.8. The van der Waals surface area contributed by atoms with Crippen LogP contribution in [0.5, 0.6) is 0 Å². The standard InChI is InChI=1S/C25H32N4O/c1-3-4-14-29(25(30)27-20-8-6-5-7-9-20)21-10-11-24-22(17-21)23(18-26-24)19-12-15-28(2)16-13-19/h5-11,17-19,26H,3-4,12-16H2,1-2H3,(H,27,30). The van der Waals surface area contributed by atoms with Crippen molar-refractivity contribution in [3.63, 3.8) is 0 Å². The van der Waals surface area contributed by atoms with Crippen LogP contribution in [-0.2, 0) is 0 Å². The molecule has 1 saturated heterocycles. The Hall–Kier alpha value is -2.79. The Labute approximate surface area is 179 Å². The molecule has 0 atom stereocenters. The van der Waals surface area contributed by atoms with E-state index in [1.165, 1.54) is 23.8 Å². The molecular weight excluding hydrogens is 372 g/mol. The molecule has 0 unspecified atom stereocenters. The summed E-state index contributed by atoms with van der Waals surface area (Å²) in [6.07, 6.45) is 6.55. The number of hydrogen-bond donors (Lipinski definition) is 2. The first kappa shape index (κ1) is 20.5. The summed E-state index contributed by atoms with van der Waals surface area (Å²) >= 11 is 0. The quantitative estimate of drug-likeness (QED) is 0.544. The van der Waals surface area contributed by atoms with E-state index in [2.05, 4.69) is 53.6 Å². The van der Waals surface area contributed by atoms with E-state index in [4.69, 9.17) is 0 Å². The van der Waals surface area contributed by atoms with Crippen LogP contribution < -0.4 is 10.2 Å². The molecule has 4 rings (SSSR count). The number of piperidine rings is 1. The van der Waals surface area contributed by atoms with Gasteiger partial charge in [-0.3, -0.25) is 4.90 Å². The molecule has 2 heterocycles. The Morgan fingerprint density at radius 1 is 1.17 bits per heavy atom. The number of carbonyl (C=O) groups excluding carboxylic acids is 1. The van der Waals surface area contributed by atoms with Gasteiger partial charge in [-0.1, -0.05) is 31.5 Å². The predicted molar refractivity (Wildman–Crippen MR) is 125 cm³/mol. The molecule has 3 aromatic rings. The van der Waals surface area contributed by atoms with E-state index in [0.29, 0.717) is 12.5 Å². The summed E-state index contributed by atoms with van der Waals surface area (Å²) in [6, 6.07) is 15.9. The molecule has 1 aliphatic rings. The average molecular weight is 405 g/mol. The summed E-state index contributed by atoms with van der Waals surface area (Å²) in [5.41, 5.74) is 4.31. The lowest BCUT2D eigenvalue weighted by Gasteiger charge is -2.29. The maximum absolute atomic E-state index is 13.1. The molecule has 2 aromatic carbocycles. The number of hydrogen-bond acceptors (Lipinski definition) is 2. The van der Waals surface area contributed by atoms with Gasteiger partial charge in [-0.2, -0.15) is 0 Å². The summed E-state index contributed by atoms with van der Waals surface area (Å²) < 4.78 is 0. The van der Waals surface area contributed by atoms with Gasteiger partial charge in [-0.15, -0.1) is 0 Å². The van der Waals surface area contributed by atoms with Crippen molar-refractivity contribution in [3.8, 4) is 0 Å². The Balaban J connectivity index is 1.62. The van der Waals surface area contributed by atoms with Gasteiger partial charge >= 0.3 is 6.03 Å². The number of nitrogens with one attached hydrogen (secondary N) is 2. The van der Waals surface area contributed by atoms with E-state index in [1.54, 1.807) is 0 Å². The van der Waals surface area contributed by atoms with Crippen molar-refractivity contribution in [2.45, 2.75) is 38.5 Å². The zero-order valence-corrected chi connectivity index (χ0v) is 18.0. The number of urea groups is 1. The van der Waals surface area contributed by atoms with Crippen LogP contribution in [0.1, 0.15) is 44.1 Å². The Morgan fingerprint density at radius 3 is 2.67 bits per heavy atom. The zero-order chi connectivity index (χ0) is 20.9. The molecule has 0 radical (unpaired) electrons. The SMILES string of the molecule is CCCCN(C(=O)Nc1ccccc1)c1ccc2[nH]cc(C3CCN(C)CC3)c2c1. The first-order valence-electron chi connectivity index (χ1n) is 11.1. The third-order valence-electron chi connectivity index (χ3n) is 6.17. The molecule has 30 heavy (non-hydrogen) atoms. The van der Waals surface area contributed by atoms with E-state index < -0.39 is 0 Å². The van der Waals surface area contributed by atoms with Crippen LogP contribution >= 0.6 is 0 Å². The number of aromatic nitrogens is 1. The van der Waals surface area contributed by atoms with E-state index in [-0.39, 0.29) is 6.03 Å². The van der Waals surface area contributed by atoms with Crippen LogP contribution in [-0.4, -0.2) is 42.6 Å². The predicted octanol–water partition coefficient (Wildman–Crippen LogP) is 5.82. The zero-order valence-electron chi connectivity index (χ0n) is 18.0. The molecule has 5 heteroatoms. The molecule has 158 valence electrons. The fourth-order valence-corrected chi connectivity index (χ4v) is 4.33. The number of aromatic amines is 1. The van der Waals surface area contributed by atoms with Gasteiger partial charge in [0, 0.05) is 35.0 Å². The number of amides is 2. The van der Waals surface area contributed by atoms with Gasteiger partial charge in [-0.05, 0) is 81.2 Å². The van der Waals surface area contributed by atoms with Crippen LogP contribution in [0.25, 0.3) is 10.9 Å².